The van der Waals surface area contributed by atoms with Crippen molar-refractivity contribution in [1.82, 2.24) is 15.0 Å². The van der Waals surface area contributed by atoms with Crippen molar-refractivity contribution in [2.75, 3.05) is 0 Å². The number of hydrogen-bond donors (Lipinski definition) is 0. The second kappa shape index (κ2) is 4.66. The zero-order chi connectivity index (χ0) is 12.6. The third-order valence-corrected chi connectivity index (χ3v) is 3.12. The largest absolute Gasteiger partial charge is 0.287 e. The minimum absolute atomic E-state index is 0.239. The lowest BCUT2D eigenvalue weighted by atomic mass is 10.1. The van der Waals surface area contributed by atoms with Gasteiger partial charge in [-0.05, 0) is 34.1 Å². The second-order valence-corrected chi connectivity index (χ2v) is 5.01. The van der Waals surface area contributed by atoms with Crippen molar-refractivity contribution in [3.63, 3.8) is 0 Å². The summed E-state index contributed by atoms with van der Waals surface area (Å²) in [6.45, 7) is 0. The van der Waals surface area contributed by atoms with E-state index in [4.69, 9.17) is 0 Å². The fourth-order valence-electron chi connectivity index (χ4n) is 1.39. The lowest BCUT2D eigenvalue weighted by Gasteiger charge is -2.02. The molecule has 88 valence electrons. The molecule has 17 heavy (non-hydrogen) atoms. The quantitative estimate of drug-likeness (QED) is 0.772. The molecule has 0 fully saturated rings. The summed E-state index contributed by atoms with van der Waals surface area (Å²) in [5.41, 5.74) is 0.519. The number of ketones is 1. The predicted molar refractivity (Wildman–Crippen MR) is 66.2 cm³/mol. The molecule has 7 heteroatoms. The van der Waals surface area contributed by atoms with Gasteiger partial charge in [-0.25, -0.2) is 9.07 Å². The van der Waals surface area contributed by atoms with Crippen LogP contribution in [0.25, 0.3) is 0 Å². The average molecular weight is 363 g/mol. The molecule has 0 bridgehead atoms. The van der Waals surface area contributed by atoms with Gasteiger partial charge in [0.1, 0.15) is 11.5 Å². The second-order valence-electron chi connectivity index (χ2n) is 3.34. The van der Waals surface area contributed by atoms with Crippen molar-refractivity contribution in [2.24, 2.45) is 7.05 Å². The van der Waals surface area contributed by atoms with E-state index >= 15 is 0 Å². The molecule has 0 aliphatic carbocycles. The summed E-state index contributed by atoms with van der Waals surface area (Å²) >= 11 is 6.27. The lowest BCUT2D eigenvalue weighted by molar-refractivity contribution is 0.102. The molecule has 0 amide bonds. The SMILES string of the molecule is Cn1nnc(Br)c1C(=O)c1cc(F)cc(Br)c1. The number of rotatable bonds is 2. The van der Waals surface area contributed by atoms with Crippen LogP contribution in [0.4, 0.5) is 4.39 Å². The van der Waals surface area contributed by atoms with Crippen LogP contribution in [0.3, 0.4) is 0 Å². The van der Waals surface area contributed by atoms with Gasteiger partial charge in [0.05, 0.1) is 0 Å². The van der Waals surface area contributed by atoms with Crippen LogP contribution in [-0.4, -0.2) is 20.8 Å². The molecule has 0 aliphatic heterocycles. The summed E-state index contributed by atoms with van der Waals surface area (Å²) in [7, 11) is 1.60. The number of carbonyl (C=O) groups is 1. The number of nitrogens with zero attached hydrogens (tertiary/aromatic N) is 3. The van der Waals surface area contributed by atoms with E-state index in [0.717, 1.165) is 0 Å². The Morgan fingerprint density at radius 3 is 2.59 bits per heavy atom. The Morgan fingerprint density at radius 2 is 2.06 bits per heavy atom. The van der Waals surface area contributed by atoms with Crippen LogP contribution in [0.1, 0.15) is 16.1 Å². The molecule has 1 heterocycles. The van der Waals surface area contributed by atoms with Crippen molar-refractivity contribution >= 4 is 37.6 Å². The molecule has 0 atom stereocenters. The van der Waals surface area contributed by atoms with E-state index in [1.54, 1.807) is 13.1 Å². The van der Waals surface area contributed by atoms with Gasteiger partial charge in [0, 0.05) is 17.1 Å². The maximum atomic E-state index is 13.2. The Bertz CT molecular complexity index is 557. The Hall–Kier alpha value is -1.08. The molecule has 1 aromatic heterocycles. The predicted octanol–water partition coefficient (Wildman–Crippen LogP) is 2.71. The van der Waals surface area contributed by atoms with Gasteiger partial charge in [0.25, 0.3) is 0 Å². The van der Waals surface area contributed by atoms with Gasteiger partial charge in [-0.3, -0.25) is 4.79 Å². The molecule has 1 aromatic carbocycles. The molecular formula is C10H6Br2FN3O. The van der Waals surface area contributed by atoms with Crippen LogP contribution in [0.15, 0.2) is 27.3 Å². The molecule has 2 rings (SSSR count). The molecule has 0 saturated heterocycles. The molecule has 0 N–H and O–H groups in total. The van der Waals surface area contributed by atoms with Crippen molar-refractivity contribution in [2.45, 2.75) is 0 Å². The molecule has 2 aromatic rings. The van der Waals surface area contributed by atoms with Crippen molar-refractivity contribution < 1.29 is 9.18 Å². The molecule has 4 nitrogen and oxygen atoms in total. The van der Waals surface area contributed by atoms with E-state index in [1.807, 2.05) is 0 Å². The molecule has 0 radical (unpaired) electrons. The van der Waals surface area contributed by atoms with Crippen LogP contribution in [-0.2, 0) is 7.05 Å². The first-order valence-corrected chi connectivity index (χ1v) is 6.13. The normalized spacial score (nSPS) is 10.6. The zero-order valence-corrected chi connectivity index (χ0v) is 11.8. The first-order chi connectivity index (χ1) is 7.99. The highest BCUT2D eigenvalue weighted by Crippen LogP contribution is 2.20. The molecule has 0 saturated carbocycles. The summed E-state index contributed by atoms with van der Waals surface area (Å²) in [5, 5.41) is 7.41. The smallest absolute Gasteiger partial charge is 0.214 e. The number of hydrogen-bond acceptors (Lipinski definition) is 3. The van der Waals surface area contributed by atoms with Gasteiger partial charge in [-0.1, -0.05) is 21.1 Å². The van der Waals surface area contributed by atoms with E-state index in [-0.39, 0.29) is 17.0 Å². The zero-order valence-electron chi connectivity index (χ0n) is 8.62. The monoisotopic (exact) mass is 361 g/mol. The first-order valence-electron chi connectivity index (χ1n) is 4.55. The highest BCUT2D eigenvalue weighted by Gasteiger charge is 2.19. The summed E-state index contributed by atoms with van der Waals surface area (Å²) in [4.78, 5) is 12.1. The van der Waals surface area contributed by atoms with Gasteiger partial charge in [0.2, 0.25) is 5.78 Å². The number of carbonyl (C=O) groups excluding carboxylic acids is 1. The van der Waals surface area contributed by atoms with Crippen LogP contribution in [0.5, 0.6) is 0 Å². The van der Waals surface area contributed by atoms with Crippen molar-refractivity contribution in [3.8, 4) is 0 Å². The standard InChI is InChI=1S/C10H6Br2FN3O/c1-16-8(10(12)14-15-16)9(17)5-2-6(11)4-7(13)3-5/h2-4H,1H3. The number of halogens is 3. The summed E-state index contributed by atoms with van der Waals surface area (Å²) in [6.07, 6.45) is 0. The van der Waals surface area contributed by atoms with Gasteiger partial charge < -0.3 is 0 Å². The number of benzene rings is 1. The summed E-state index contributed by atoms with van der Waals surface area (Å²) < 4.78 is 15.4. The van der Waals surface area contributed by atoms with E-state index in [2.05, 4.69) is 42.2 Å². The van der Waals surface area contributed by atoms with E-state index < -0.39 is 5.82 Å². The van der Waals surface area contributed by atoms with Crippen LogP contribution >= 0.6 is 31.9 Å². The van der Waals surface area contributed by atoms with Gasteiger partial charge in [-0.15, -0.1) is 5.10 Å². The van der Waals surface area contributed by atoms with Gasteiger partial charge in [0.15, 0.2) is 4.60 Å². The Labute approximate surface area is 113 Å². The maximum Gasteiger partial charge on any atom is 0.214 e. The fourth-order valence-corrected chi connectivity index (χ4v) is 2.37. The van der Waals surface area contributed by atoms with Gasteiger partial charge >= 0.3 is 0 Å². The fraction of sp³-hybridized carbons (Fsp3) is 0.100. The average Bonchev–Trinajstić information content (AvgIpc) is 2.56. The van der Waals surface area contributed by atoms with E-state index in [1.165, 1.54) is 16.8 Å². The molecule has 0 aliphatic rings. The topological polar surface area (TPSA) is 47.8 Å². The van der Waals surface area contributed by atoms with E-state index in [0.29, 0.717) is 9.08 Å². The number of aryl methyl sites for hydroxylation is 1. The van der Waals surface area contributed by atoms with Crippen molar-refractivity contribution in [1.29, 1.82) is 0 Å². The Balaban J connectivity index is 2.51. The van der Waals surface area contributed by atoms with Crippen LogP contribution in [0, 0.1) is 5.82 Å². The maximum absolute atomic E-state index is 13.2. The first kappa shape index (κ1) is 12.4. The molecular weight excluding hydrogens is 357 g/mol. The van der Waals surface area contributed by atoms with Gasteiger partial charge in [-0.2, -0.15) is 0 Å². The van der Waals surface area contributed by atoms with E-state index in [9.17, 15) is 9.18 Å². The third kappa shape index (κ3) is 2.44. The summed E-state index contributed by atoms with van der Waals surface area (Å²) in [5.74, 6) is -0.821. The third-order valence-electron chi connectivity index (χ3n) is 2.13. The molecule has 0 unspecified atom stereocenters. The van der Waals surface area contributed by atoms with Crippen molar-refractivity contribution in [3.05, 3.63) is 44.3 Å². The van der Waals surface area contributed by atoms with Crippen LogP contribution in [0.2, 0.25) is 0 Å². The number of aromatic nitrogens is 3. The minimum atomic E-state index is -0.478. The minimum Gasteiger partial charge on any atom is -0.287 e. The summed E-state index contributed by atoms with van der Waals surface area (Å²) in [6, 6.07) is 4.00. The lowest BCUT2D eigenvalue weighted by Crippen LogP contribution is -2.09. The highest BCUT2D eigenvalue weighted by molar-refractivity contribution is 9.10. The molecule has 0 spiro atoms. The highest BCUT2D eigenvalue weighted by atomic mass is 79.9. The Morgan fingerprint density at radius 1 is 1.35 bits per heavy atom. The van der Waals surface area contributed by atoms with Crippen LogP contribution < -0.4 is 0 Å². The Kier molecular flexibility index (Phi) is 3.39.